The molecule has 2 rings (SSSR count). The summed E-state index contributed by atoms with van der Waals surface area (Å²) in [5, 5.41) is 2.86. The summed E-state index contributed by atoms with van der Waals surface area (Å²) in [4.78, 5) is 23.0. The van der Waals surface area contributed by atoms with Gasteiger partial charge in [-0.2, -0.15) is 0 Å². The van der Waals surface area contributed by atoms with E-state index < -0.39 is 5.97 Å². The predicted octanol–water partition coefficient (Wildman–Crippen LogP) is 1.51. The fourth-order valence-corrected chi connectivity index (χ4v) is 1.80. The van der Waals surface area contributed by atoms with Crippen molar-refractivity contribution in [3.05, 3.63) is 29.3 Å². The zero-order valence-electron chi connectivity index (χ0n) is 11.1. The van der Waals surface area contributed by atoms with E-state index in [0.717, 1.165) is 18.4 Å². The molecular formula is C14H17NO4. The number of esters is 1. The molecule has 5 nitrogen and oxygen atoms in total. The van der Waals surface area contributed by atoms with Gasteiger partial charge in [-0.1, -0.05) is 6.07 Å². The number of methoxy groups -OCH3 is 2. The minimum Gasteiger partial charge on any atom is -0.496 e. The van der Waals surface area contributed by atoms with E-state index in [-0.39, 0.29) is 11.8 Å². The molecule has 1 aliphatic rings. The van der Waals surface area contributed by atoms with E-state index in [9.17, 15) is 9.59 Å². The highest BCUT2D eigenvalue weighted by molar-refractivity contribution is 5.92. The van der Waals surface area contributed by atoms with Crippen LogP contribution < -0.4 is 10.1 Å². The van der Waals surface area contributed by atoms with Gasteiger partial charge in [-0.05, 0) is 30.5 Å². The molecule has 0 unspecified atom stereocenters. The Kier molecular flexibility index (Phi) is 4.04. The molecule has 1 amide bonds. The first kappa shape index (κ1) is 13.4. The minimum absolute atomic E-state index is 0.0935. The predicted molar refractivity (Wildman–Crippen MR) is 68.9 cm³/mol. The molecule has 19 heavy (non-hydrogen) atoms. The largest absolute Gasteiger partial charge is 0.496 e. The summed E-state index contributed by atoms with van der Waals surface area (Å²) in [6.07, 6.45) is 1.97. The second kappa shape index (κ2) is 5.73. The molecule has 1 N–H and O–H groups in total. The Labute approximate surface area is 111 Å². The van der Waals surface area contributed by atoms with Gasteiger partial charge in [-0.15, -0.1) is 0 Å². The van der Waals surface area contributed by atoms with E-state index >= 15 is 0 Å². The third-order valence-corrected chi connectivity index (χ3v) is 3.09. The highest BCUT2D eigenvalue weighted by Crippen LogP contribution is 2.29. The van der Waals surface area contributed by atoms with Crippen molar-refractivity contribution in [2.45, 2.75) is 19.4 Å². The standard InChI is InChI=1S/C14H17NO4/c1-18-12-7-9(3-6-11(12)14(17)19-2)8-15-13(16)10-4-5-10/h3,6-7,10H,4-5,8H2,1-2H3,(H,15,16). The van der Waals surface area contributed by atoms with Crippen molar-refractivity contribution in [1.82, 2.24) is 5.32 Å². The SMILES string of the molecule is COC(=O)c1ccc(CNC(=O)C2CC2)cc1OC. The summed E-state index contributed by atoms with van der Waals surface area (Å²) < 4.78 is 9.83. The average Bonchev–Trinajstić information content (AvgIpc) is 3.28. The van der Waals surface area contributed by atoms with Crippen LogP contribution in [0.2, 0.25) is 0 Å². The molecule has 0 saturated heterocycles. The van der Waals surface area contributed by atoms with E-state index in [1.807, 2.05) is 0 Å². The molecule has 0 radical (unpaired) electrons. The van der Waals surface area contributed by atoms with Crippen LogP contribution in [0.4, 0.5) is 0 Å². The van der Waals surface area contributed by atoms with Gasteiger partial charge in [0.05, 0.1) is 14.2 Å². The maximum Gasteiger partial charge on any atom is 0.341 e. The van der Waals surface area contributed by atoms with Crippen molar-refractivity contribution < 1.29 is 19.1 Å². The van der Waals surface area contributed by atoms with E-state index in [4.69, 9.17) is 4.74 Å². The number of rotatable bonds is 5. The van der Waals surface area contributed by atoms with Crippen molar-refractivity contribution in [3.63, 3.8) is 0 Å². The number of amides is 1. The smallest absolute Gasteiger partial charge is 0.341 e. The van der Waals surface area contributed by atoms with Crippen molar-refractivity contribution >= 4 is 11.9 Å². The average molecular weight is 263 g/mol. The topological polar surface area (TPSA) is 64.6 Å². The van der Waals surface area contributed by atoms with E-state index in [2.05, 4.69) is 10.1 Å². The van der Waals surface area contributed by atoms with Crippen LogP contribution in [0.1, 0.15) is 28.8 Å². The summed E-state index contributed by atoms with van der Waals surface area (Å²) in [7, 11) is 2.82. The van der Waals surface area contributed by atoms with Gasteiger partial charge in [0.1, 0.15) is 11.3 Å². The lowest BCUT2D eigenvalue weighted by Crippen LogP contribution is -2.24. The van der Waals surface area contributed by atoms with Gasteiger partial charge >= 0.3 is 5.97 Å². The summed E-state index contributed by atoms with van der Waals surface area (Å²) in [6.45, 7) is 0.438. The number of ether oxygens (including phenoxy) is 2. The van der Waals surface area contributed by atoms with Gasteiger partial charge in [-0.25, -0.2) is 4.79 Å². The highest BCUT2D eigenvalue weighted by Gasteiger charge is 2.29. The summed E-state index contributed by atoms with van der Waals surface area (Å²) in [5.41, 5.74) is 1.26. The van der Waals surface area contributed by atoms with E-state index in [0.29, 0.717) is 17.9 Å². The van der Waals surface area contributed by atoms with Crippen molar-refractivity contribution in [2.75, 3.05) is 14.2 Å². The lowest BCUT2D eigenvalue weighted by molar-refractivity contribution is -0.122. The molecule has 1 fully saturated rings. The van der Waals surface area contributed by atoms with Crippen molar-refractivity contribution in [1.29, 1.82) is 0 Å². The van der Waals surface area contributed by atoms with E-state index in [1.165, 1.54) is 14.2 Å². The first-order valence-electron chi connectivity index (χ1n) is 6.18. The van der Waals surface area contributed by atoms with Crippen LogP contribution in [-0.4, -0.2) is 26.1 Å². The molecule has 0 aliphatic heterocycles. The lowest BCUT2D eigenvalue weighted by Gasteiger charge is -2.10. The molecule has 0 spiro atoms. The molecular weight excluding hydrogens is 246 g/mol. The van der Waals surface area contributed by atoms with Crippen LogP contribution in [0.3, 0.4) is 0 Å². The van der Waals surface area contributed by atoms with Gasteiger partial charge in [0.15, 0.2) is 0 Å². The maximum absolute atomic E-state index is 11.5. The first-order chi connectivity index (χ1) is 9.15. The molecule has 1 aromatic carbocycles. The Morgan fingerprint density at radius 2 is 2.05 bits per heavy atom. The number of hydrogen-bond donors (Lipinski definition) is 1. The Hall–Kier alpha value is -2.04. The van der Waals surface area contributed by atoms with Gasteiger partial charge in [0, 0.05) is 12.5 Å². The molecule has 0 bridgehead atoms. The second-order valence-corrected chi connectivity index (χ2v) is 4.52. The summed E-state index contributed by atoms with van der Waals surface area (Å²) in [6, 6.07) is 5.16. The summed E-state index contributed by atoms with van der Waals surface area (Å²) in [5.74, 6) is 0.294. The molecule has 1 aliphatic carbocycles. The fourth-order valence-electron chi connectivity index (χ4n) is 1.80. The molecule has 102 valence electrons. The number of carbonyl (C=O) groups excluding carboxylic acids is 2. The molecule has 0 aromatic heterocycles. The molecule has 1 saturated carbocycles. The third-order valence-electron chi connectivity index (χ3n) is 3.09. The van der Waals surface area contributed by atoms with Crippen LogP contribution in [-0.2, 0) is 16.1 Å². The van der Waals surface area contributed by atoms with Crippen LogP contribution in [0.25, 0.3) is 0 Å². The normalized spacial score (nSPS) is 13.8. The summed E-state index contributed by atoms with van der Waals surface area (Å²) >= 11 is 0. The number of benzene rings is 1. The van der Waals surface area contributed by atoms with Crippen molar-refractivity contribution in [2.24, 2.45) is 5.92 Å². The van der Waals surface area contributed by atoms with Gasteiger partial charge in [0.25, 0.3) is 0 Å². The first-order valence-corrected chi connectivity index (χ1v) is 6.18. The highest BCUT2D eigenvalue weighted by atomic mass is 16.5. The third kappa shape index (κ3) is 3.24. The molecule has 0 atom stereocenters. The quantitative estimate of drug-likeness (QED) is 0.818. The number of nitrogens with one attached hydrogen (secondary N) is 1. The Morgan fingerprint density at radius 1 is 1.32 bits per heavy atom. The van der Waals surface area contributed by atoms with Crippen LogP contribution in [0.15, 0.2) is 18.2 Å². The molecule has 1 aromatic rings. The number of carbonyl (C=O) groups is 2. The van der Waals surface area contributed by atoms with Crippen LogP contribution in [0.5, 0.6) is 5.75 Å². The zero-order chi connectivity index (χ0) is 13.8. The molecule has 5 heteroatoms. The van der Waals surface area contributed by atoms with Crippen molar-refractivity contribution in [3.8, 4) is 5.75 Å². The minimum atomic E-state index is -0.439. The Bertz CT molecular complexity index is 494. The lowest BCUT2D eigenvalue weighted by atomic mass is 10.1. The zero-order valence-corrected chi connectivity index (χ0v) is 11.1. The maximum atomic E-state index is 11.5. The second-order valence-electron chi connectivity index (χ2n) is 4.52. The van der Waals surface area contributed by atoms with E-state index in [1.54, 1.807) is 18.2 Å². The fraction of sp³-hybridized carbons (Fsp3) is 0.429. The van der Waals surface area contributed by atoms with Gasteiger partial charge in [-0.3, -0.25) is 4.79 Å². The Balaban J connectivity index is 2.05. The van der Waals surface area contributed by atoms with Gasteiger partial charge in [0.2, 0.25) is 5.91 Å². The van der Waals surface area contributed by atoms with Crippen LogP contribution >= 0.6 is 0 Å². The monoisotopic (exact) mass is 263 g/mol. The number of hydrogen-bond acceptors (Lipinski definition) is 4. The molecule has 0 heterocycles. The van der Waals surface area contributed by atoms with Gasteiger partial charge < -0.3 is 14.8 Å². The Morgan fingerprint density at radius 3 is 2.63 bits per heavy atom. The van der Waals surface area contributed by atoms with Crippen LogP contribution in [0, 0.1) is 5.92 Å².